The molecule has 0 bridgehead atoms. The van der Waals surface area contributed by atoms with E-state index in [2.05, 4.69) is 22.0 Å². The summed E-state index contributed by atoms with van der Waals surface area (Å²) in [6, 6.07) is 0.267. The van der Waals surface area contributed by atoms with Crippen LogP contribution in [-0.4, -0.2) is 41.8 Å². The molecular weight excluding hydrogens is 242 g/mol. The minimum atomic E-state index is 0.0480. The van der Waals surface area contributed by atoms with Gasteiger partial charge in [0, 0.05) is 6.54 Å². The first kappa shape index (κ1) is 13.7. The molecule has 1 aliphatic heterocycles. The smallest absolute Gasteiger partial charge is 0.162 e. The standard InChI is InChI=1S/C13H21N5O/c1-4-10-7-19-6-5-18(10)13-11(12(14)15)8(2)9(3)16-17-13/h10H,4-7H2,1-3H3,(H3,14,15). The largest absolute Gasteiger partial charge is 0.384 e. The van der Waals surface area contributed by atoms with Crippen LogP contribution in [0, 0.1) is 19.3 Å². The molecule has 104 valence electrons. The van der Waals surface area contributed by atoms with Crippen molar-refractivity contribution in [3.8, 4) is 0 Å². The van der Waals surface area contributed by atoms with E-state index in [9.17, 15) is 0 Å². The lowest BCUT2D eigenvalue weighted by atomic mass is 10.1. The van der Waals surface area contributed by atoms with Crippen molar-refractivity contribution in [3.63, 3.8) is 0 Å². The molecule has 6 heteroatoms. The van der Waals surface area contributed by atoms with Gasteiger partial charge in [0.2, 0.25) is 0 Å². The van der Waals surface area contributed by atoms with E-state index < -0.39 is 0 Å². The highest BCUT2D eigenvalue weighted by molar-refractivity contribution is 6.01. The maximum absolute atomic E-state index is 7.81. The second kappa shape index (κ2) is 5.52. The first-order valence-corrected chi connectivity index (χ1v) is 6.58. The van der Waals surface area contributed by atoms with Gasteiger partial charge in [-0.3, -0.25) is 5.41 Å². The van der Waals surface area contributed by atoms with Crippen molar-refractivity contribution in [1.82, 2.24) is 10.2 Å². The van der Waals surface area contributed by atoms with E-state index in [1.54, 1.807) is 0 Å². The molecule has 1 saturated heterocycles. The third-order valence-corrected chi connectivity index (χ3v) is 3.68. The van der Waals surface area contributed by atoms with Gasteiger partial charge in [0.05, 0.1) is 30.5 Å². The van der Waals surface area contributed by atoms with Gasteiger partial charge in [0.1, 0.15) is 5.84 Å². The Kier molecular flexibility index (Phi) is 3.99. The summed E-state index contributed by atoms with van der Waals surface area (Å²) in [6.45, 7) is 8.05. The Morgan fingerprint density at radius 3 is 2.84 bits per heavy atom. The summed E-state index contributed by atoms with van der Waals surface area (Å²) in [5, 5.41) is 16.3. The highest BCUT2D eigenvalue weighted by Crippen LogP contribution is 2.25. The number of hydrogen-bond acceptors (Lipinski definition) is 5. The SMILES string of the molecule is CCC1COCCN1c1nnc(C)c(C)c1C(=N)N. The summed E-state index contributed by atoms with van der Waals surface area (Å²) in [7, 11) is 0. The predicted octanol–water partition coefficient (Wildman–Crippen LogP) is 0.993. The van der Waals surface area contributed by atoms with Crippen LogP contribution in [0.4, 0.5) is 5.82 Å². The van der Waals surface area contributed by atoms with E-state index in [4.69, 9.17) is 15.9 Å². The molecule has 0 aliphatic carbocycles. The Morgan fingerprint density at radius 2 is 2.21 bits per heavy atom. The Labute approximate surface area is 113 Å². The number of amidine groups is 1. The Hall–Kier alpha value is -1.69. The van der Waals surface area contributed by atoms with Crippen molar-refractivity contribution in [2.75, 3.05) is 24.7 Å². The zero-order valence-electron chi connectivity index (χ0n) is 11.7. The van der Waals surface area contributed by atoms with Crippen LogP contribution in [0.1, 0.15) is 30.2 Å². The van der Waals surface area contributed by atoms with Gasteiger partial charge < -0.3 is 15.4 Å². The van der Waals surface area contributed by atoms with Crippen molar-refractivity contribution >= 4 is 11.7 Å². The van der Waals surface area contributed by atoms with Crippen LogP contribution in [0.5, 0.6) is 0 Å². The molecule has 1 unspecified atom stereocenters. The number of rotatable bonds is 3. The third kappa shape index (κ3) is 2.53. The molecule has 1 fully saturated rings. The molecule has 1 aromatic rings. The van der Waals surface area contributed by atoms with E-state index in [0.29, 0.717) is 24.6 Å². The number of aryl methyl sites for hydroxylation is 1. The number of anilines is 1. The normalized spacial score (nSPS) is 19.5. The van der Waals surface area contributed by atoms with Crippen LogP contribution in [0.25, 0.3) is 0 Å². The summed E-state index contributed by atoms with van der Waals surface area (Å²) in [5.74, 6) is 0.762. The van der Waals surface area contributed by atoms with Crippen molar-refractivity contribution in [3.05, 3.63) is 16.8 Å². The number of nitrogen functional groups attached to an aromatic ring is 1. The topological polar surface area (TPSA) is 88.1 Å². The van der Waals surface area contributed by atoms with Crippen LogP contribution in [0.3, 0.4) is 0 Å². The summed E-state index contributed by atoms with van der Waals surface area (Å²) in [5.41, 5.74) is 8.18. The zero-order valence-corrected chi connectivity index (χ0v) is 11.7. The van der Waals surface area contributed by atoms with E-state index in [1.165, 1.54) is 0 Å². The predicted molar refractivity (Wildman–Crippen MR) is 74.8 cm³/mol. The van der Waals surface area contributed by atoms with Crippen LogP contribution >= 0.6 is 0 Å². The van der Waals surface area contributed by atoms with Crippen molar-refractivity contribution in [2.45, 2.75) is 33.2 Å². The molecule has 1 aliphatic rings. The van der Waals surface area contributed by atoms with E-state index >= 15 is 0 Å². The second-order valence-corrected chi connectivity index (χ2v) is 4.85. The fourth-order valence-corrected chi connectivity index (χ4v) is 2.39. The van der Waals surface area contributed by atoms with Gasteiger partial charge in [-0.15, -0.1) is 5.10 Å². The third-order valence-electron chi connectivity index (χ3n) is 3.68. The second-order valence-electron chi connectivity index (χ2n) is 4.85. The molecule has 0 radical (unpaired) electrons. The lowest BCUT2D eigenvalue weighted by molar-refractivity contribution is 0.0924. The molecule has 0 spiro atoms. The molecule has 6 nitrogen and oxygen atoms in total. The average Bonchev–Trinajstić information content (AvgIpc) is 2.41. The van der Waals surface area contributed by atoms with Gasteiger partial charge in [-0.25, -0.2) is 0 Å². The molecule has 2 heterocycles. The summed E-state index contributed by atoms with van der Waals surface area (Å²) in [6.07, 6.45) is 0.964. The van der Waals surface area contributed by atoms with Crippen molar-refractivity contribution in [1.29, 1.82) is 5.41 Å². The fourth-order valence-electron chi connectivity index (χ4n) is 2.39. The van der Waals surface area contributed by atoms with Crippen LogP contribution < -0.4 is 10.6 Å². The molecule has 3 N–H and O–H groups in total. The number of hydrogen-bond donors (Lipinski definition) is 2. The number of nitrogens with zero attached hydrogens (tertiary/aromatic N) is 3. The van der Waals surface area contributed by atoms with Gasteiger partial charge in [-0.2, -0.15) is 5.10 Å². The summed E-state index contributed by atoms with van der Waals surface area (Å²) >= 11 is 0. The number of nitrogens with one attached hydrogen (secondary N) is 1. The Balaban J connectivity index is 2.49. The molecule has 0 saturated carbocycles. The quantitative estimate of drug-likeness (QED) is 0.627. The first-order valence-electron chi connectivity index (χ1n) is 6.58. The van der Waals surface area contributed by atoms with E-state index in [1.807, 2.05) is 13.8 Å². The highest BCUT2D eigenvalue weighted by Gasteiger charge is 2.27. The number of ether oxygens (including phenoxy) is 1. The zero-order chi connectivity index (χ0) is 14.0. The van der Waals surface area contributed by atoms with Gasteiger partial charge in [0.15, 0.2) is 5.82 Å². The fraction of sp³-hybridized carbons (Fsp3) is 0.615. The number of nitrogens with two attached hydrogens (primary N) is 1. The molecule has 0 amide bonds. The summed E-state index contributed by atoms with van der Waals surface area (Å²) < 4.78 is 5.50. The Morgan fingerprint density at radius 1 is 1.47 bits per heavy atom. The molecule has 1 atom stereocenters. The monoisotopic (exact) mass is 263 g/mol. The van der Waals surface area contributed by atoms with E-state index in [0.717, 1.165) is 24.2 Å². The molecule has 0 aromatic carbocycles. The molecule has 19 heavy (non-hydrogen) atoms. The van der Waals surface area contributed by atoms with Crippen LogP contribution in [0.15, 0.2) is 0 Å². The molecular formula is C13H21N5O. The first-order chi connectivity index (χ1) is 9.06. The van der Waals surface area contributed by atoms with Crippen molar-refractivity contribution < 1.29 is 4.74 Å². The number of aromatic nitrogens is 2. The maximum Gasteiger partial charge on any atom is 0.162 e. The van der Waals surface area contributed by atoms with Gasteiger partial charge in [0.25, 0.3) is 0 Å². The summed E-state index contributed by atoms with van der Waals surface area (Å²) in [4.78, 5) is 2.17. The minimum absolute atomic E-state index is 0.0480. The van der Waals surface area contributed by atoms with Crippen LogP contribution in [0.2, 0.25) is 0 Å². The van der Waals surface area contributed by atoms with E-state index in [-0.39, 0.29) is 11.9 Å². The van der Waals surface area contributed by atoms with Crippen LogP contribution in [-0.2, 0) is 4.74 Å². The highest BCUT2D eigenvalue weighted by atomic mass is 16.5. The Bertz CT molecular complexity index is 488. The van der Waals surface area contributed by atoms with Gasteiger partial charge in [-0.05, 0) is 25.8 Å². The van der Waals surface area contributed by atoms with Gasteiger partial charge in [-0.1, -0.05) is 6.92 Å². The number of morpholine rings is 1. The van der Waals surface area contributed by atoms with Gasteiger partial charge >= 0.3 is 0 Å². The lowest BCUT2D eigenvalue weighted by Crippen LogP contribution is -2.46. The minimum Gasteiger partial charge on any atom is -0.384 e. The molecule has 2 rings (SSSR count). The molecule has 1 aromatic heterocycles. The maximum atomic E-state index is 7.81. The lowest BCUT2D eigenvalue weighted by Gasteiger charge is -2.36. The van der Waals surface area contributed by atoms with Crippen molar-refractivity contribution in [2.24, 2.45) is 5.73 Å². The average molecular weight is 263 g/mol.